The van der Waals surface area contributed by atoms with Gasteiger partial charge in [0.2, 0.25) is 5.91 Å². The van der Waals surface area contributed by atoms with Crippen LogP contribution in [0.25, 0.3) is 0 Å². The predicted molar refractivity (Wildman–Crippen MR) is 114 cm³/mol. The van der Waals surface area contributed by atoms with E-state index in [4.69, 9.17) is 0 Å². The van der Waals surface area contributed by atoms with Crippen LogP contribution in [-0.2, 0) is 15.8 Å². The minimum Gasteiger partial charge on any atom is -0.351 e. The number of thiophene rings is 1. The van der Waals surface area contributed by atoms with Gasteiger partial charge >= 0.3 is 12.1 Å². The average molecular weight is 449 g/mol. The second-order valence-electron chi connectivity index (χ2n) is 7.36. The summed E-state index contributed by atoms with van der Waals surface area (Å²) in [5.74, 6) is 3.72. The first-order valence-corrected chi connectivity index (χ1v) is 11.0. The fraction of sp³-hybridized carbons (Fsp3) is 0.391. The fourth-order valence-corrected chi connectivity index (χ4v) is 4.54. The van der Waals surface area contributed by atoms with Gasteiger partial charge in [0.25, 0.3) is 0 Å². The fourth-order valence-electron chi connectivity index (χ4n) is 3.73. The molecule has 1 aliphatic rings. The summed E-state index contributed by atoms with van der Waals surface area (Å²) in [5.41, 5.74) is -0.926. The maximum atomic E-state index is 13.3. The quantitative estimate of drug-likeness (QED) is 0.630. The highest BCUT2D eigenvalue weighted by molar-refractivity contribution is 7.10. The molecule has 31 heavy (non-hydrogen) atoms. The van der Waals surface area contributed by atoms with Crippen molar-refractivity contribution < 1.29 is 22.8 Å². The summed E-state index contributed by atoms with van der Waals surface area (Å²) >= 11 is 1.26. The summed E-state index contributed by atoms with van der Waals surface area (Å²) in [6, 6.07) is 6.73. The van der Waals surface area contributed by atoms with E-state index in [0.29, 0.717) is 4.88 Å². The van der Waals surface area contributed by atoms with Crippen LogP contribution in [0.1, 0.15) is 55.5 Å². The second kappa shape index (κ2) is 10.0. The molecule has 0 saturated heterocycles. The standard InChI is InChI=1S/C23H23F3N2O2S/c1-2-8-20(29)28(18-12-6-9-16(15-18)23(24,25)26)21(19-13-7-14-31-19)22(30)27-17-10-4-3-5-11-17/h6-7,9,12-15,17,21H,3-5,10-11H2,1H3,(H,27,30). The largest absolute Gasteiger partial charge is 0.416 e. The highest BCUT2D eigenvalue weighted by Crippen LogP contribution is 2.35. The third kappa shape index (κ3) is 5.67. The van der Waals surface area contributed by atoms with Crippen LogP contribution in [0.4, 0.5) is 18.9 Å². The molecule has 1 unspecified atom stereocenters. The highest BCUT2D eigenvalue weighted by atomic mass is 32.1. The number of rotatable bonds is 5. The Labute approximate surface area is 183 Å². The molecule has 2 amide bonds. The van der Waals surface area contributed by atoms with Gasteiger partial charge < -0.3 is 5.32 Å². The third-order valence-corrected chi connectivity index (χ3v) is 6.10. The predicted octanol–water partition coefficient (Wildman–Crippen LogP) is 5.31. The molecule has 164 valence electrons. The zero-order valence-electron chi connectivity index (χ0n) is 17.0. The summed E-state index contributed by atoms with van der Waals surface area (Å²) in [7, 11) is 0. The van der Waals surface area contributed by atoms with Crippen LogP contribution in [0.2, 0.25) is 0 Å². The van der Waals surface area contributed by atoms with Crippen molar-refractivity contribution in [2.45, 2.75) is 57.3 Å². The van der Waals surface area contributed by atoms with Crippen molar-refractivity contribution >= 4 is 28.8 Å². The Balaban J connectivity index is 2.05. The van der Waals surface area contributed by atoms with E-state index < -0.39 is 29.6 Å². The van der Waals surface area contributed by atoms with Crippen molar-refractivity contribution in [2.75, 3.05) is 4.90 Å². The summed E-state index contributed by atoms with van der Waals surface area (Å²) in [6.45, 7) is 1.46. The van der Waals surface area contributed by atoms with E-state index in [2.05, 4.69) is 17.2 Å². The number of hydrogen-bond donors (Lipinski definition) is 1. The molecule has 2 aromatic rings. The molecule has 0 radical (unpaired) electrons. The van der Waals surface area contributed by atoms with Crippen LogP contribution in [-0.4, -0.2) is 17.9 Å². The van der Waals surface area contributed by atoms with E-state index in [-0.39, 0.29) is 11.7 Å². The molecule has 1 N–H and O–H groups in total. The Morgan fingerprint density at radius 1 is 1.16 bits per heavy atom. The van der Waals surface area contributed by atoms with Crippen LogP contribution in [0.5, 0.6) is 0 Å². The van der Waals surface area contributed by atoms with E-state index in [0.717, 1.165) is 49.1 Å². The van der Waals surface area contributed by atoms with Gasteiger partial charge in [-0.25, -0.2) is 0 Å². The lowest BCUT2D eigenvalue weighted by atomic mass is 9.95. The van der Waals surface area contributed by atoms with Crippen molar-refractivity contribution in [3.05, 3.63) is 52.2 Å². The Bertz CT molecular complexity index is 971. The molecule has 1 fully saturated rings. The molecule has 0 bridgehead atoms. The van der Waals surface area contributed by atoms with Crippen LogP contribution < -0.4 is 10.2 Å². The number of alkyl halides is 3. The van der Waals surface area contributed by atoms with Crippen molar-refractivity contribution in [1.82, 2.24) is 5.32 Å². The number of hydrogen-bond acceptors (Lipinski definition) is 3. The lowest BCUT2D eigenvalue weighted by molar-refractivity contribution is -0.137. The minimum atomic E-state index is -4.58. The Hall–Kier alpha value is -2.79. The van der Waals surface area contributed by atoms with Gasteiger partial charge in [-0.2, -0.15) is 13.2 Å². The maximum Gasteiger partial charge on any atom is 0.416 e. The summed E-state index contributed by atoms with van der Waals surface area (Å²) < 4.78 is 39.9. The normalized spacial score (nSPS) is 15.5. The van der Waals surface area contributed by atoms with Crippen LogP contribution in [0, 0.1) is 11.8 Å². The average Bonchev–Trinajstić information content (AvgIpc) is 3.26. The molecular formula is C23H23F3N2O2S. The Morgan fingerprint density at radius 2 is 1.90 bits per heavy atom. The molecular weight excluding hydrogens is 425 g/mol. The number of nitrogens with zero attached hydrogens (tertiary/aromatic N) is 1. The van der Waals surface area contributed by atoms with Gasteiger partial charge in [0.05, 0.1) is 5.56 Å². The Kier molecular flexibility index (Phi) is 7.39. The smallest absolute Gasteiger partial charge is 0.351 e. The Morgan fingerprint density at radius 3 is 2.52 bits per heavy atom. The van der Waals surface area contributed by atoms with E-state index in [1.165, 1.54) is 30.4 Å². The van der Waals surface area contributed by atoms with Gasteiger partial charge in [-0.05, 0) is 55.3 Å². The molecule has 1 aromatic carbocycles. The summed E-state index contributed by atoms with van der Waals surface area (Å²) in [4.78, 5) is 27.9. The topological polar surface area (TPSA) is 49.4 Å². The lowest BCUT2D eigenvalue weighted by Gasteiger charge is -2.31. The number of carbonyl (C=O) groups excluding carboxylic acids is 2. The van der Waals surface area contributed by atoms with Crippen molar-refractivity contribution in [1.29, 1.82) is 0 Å². The molecule has 0 aliphatic heterocycles. The van der Waals surface area contributed by atoms with E-state index in [1.54, 1.807) is 17.5 Å². The van der Waals surface area contributed by atoms with Crippen LogP contribution >= 0.6 is 11.3 Å². The van der Waals surface area contributed by atoms with Crippen molar-refractivity contribution in [2.24, 2.45) is 0 Å². The second-order valence-corrected chi connectivity index (χ2v) is 8.34. The number of anilines is 1. The molecule has 8 heteroatoms. The first kappa shape index (κ1) is 22.9. The molecule has 1 heterocycles. The summed E-state index contributed by atoms with van der Waals surface area (Å²) in [5, 5.41) is 4.76. The zero-order valence-corrected chi connectivity index (χ0v) is 17.9. The zero-order chi connectivity index (χ0) is 22.4. The van der Waals surface area contributed by atoms with Crippen LogP contribution in [0.15, 0.2) is 41.8 Å². The van der Waals surface area contributed by atoms with Gasteiger partial charge in [0, 0.05) is 16.6 Å². The number of carbonyl (C=O) groups is 2. The van der Waals surface area contributed by atoms with Crippen molar-refractivity contribution in [3.8, 4) is 11.8 Å². The molecule has 1 aromatic heterocycles. The number of benzene rings is 1. The maximum absolute atomic E-state index is 13.3. The molecule has 3 rings (SSSR count). The number of nitrogens with one attached hydrogen (secondary N) is 1. The van der Waals surface area contributed by atoms with E-state index >= 15 is 0 Å². The van der Waals surface area contributed by atoms with Gasteiger partial charge in [0.15, 0.2) is 6.04 Å². The molecule has 4 nitrogen and oxygen atoms in total. The van der Waals surface area contributed by atoms with Gasteiger partial charge in [-0.15, -0.1) is 11.3 Å². The van der Waals surface area contributed by atoms with E-state index in [9.17, 15) is 22.8 Å². The monoisotopic (exact) mass is 448 g/mol. The molecule has 0 spiro atoms. The first-order chi connectivity index (χ1) is 14.8. The SMILES string of the molecule is CC#CC(=O)N(c1cccc(C(F)(F)F)c1)C(C(=O)NC1CCCCC1)c1cccs1. The molecule has 1 saturated carbocycles. The van der Waals surface area contributed by atoms with E-state index in [1.807, 2.05) is 0 Å². The number of amides is 2. The highest BCUT2D eigenvalue weighted by Gasteiger charge is 2.36. The lowest BCUT2D eigenvalue weighted by Crippen LogP contribution is -2.47. The van der Waals surface area contributed by atoms with Gasteiger partial charge in [-0.1, -0.05) is 37.3 Å². The van der Waals surface area contributed by atoms with Gasteiger partial charge in [0.1, 0.15) is 0 Å². The minimum absolute atomic E-state index is 0.0144. The molecule has 1 aliphatic carbocycles. The van der Waals surface area contributed by atoms with Crippen molar-refractivity contribution in [3.63, 3.8) is 0 Å². The number of halogens is 3. The van der Waals surface area contributed by atoms with Gasteiger partial charge in [-0.3, -0.25) is 14.5 Å². The van der Waals surface area contributed by atoms with Crippen LogP contribution in [0.3, 0.4) is 0 Å². The molecule has 1 atom stereocenters. The first-order valence-electron chi connectivity index (χ1n) is 10.1. The summed E-state index contributed by atoms with van der Waals surface area (Å²) in [6.07, 6.45) is 0.231. The third-order valence-electron chi connectivity index (χ3n) is 5.17.